The van der Waals surface area contributed by atoms with Crippen LogP contribution in [0.25, 0.3) is 11.3 Å². The Bertz CT molecular complexity index is 676. The van der Waals surface area contributed by atoms with Crippen LogP contribution in [0.5, 0.6) is 0 Å². The Balaban J connectivity index is 1.67. The number of amides is 1. The number of thiazole rings is 1. The van der Waals surface area contributed by atoms with E-state index in [1.165, 1.54) is 16.2 Å². The normalized spacial score (nSPS) is 17.4. The Hall–Kier alpha value is -1.59. The monoisotopic (exact) mass is 330 g/mol. The molecule has 22 heavy (non-hydrogen) atoms. The first-order valence-electron chi connectivity index (χ1n) is 7.32. The SMILES string of the molecule is CSc1ccc(-c2csc(NC(=O)C3CC=CCC3)n2)cc1. The molecule has 0 radical (unpaired) electrons. The molecular weight excluding hydrogens is 312 g/mol. The van der Waals surface area contributed by atoms with Crippen molar-refractivity contribution in [2.24, 2.45) is 5.92 Å². The van der Waals surface area contributed by atoms with Crippen molar-refractivity contribution in [1.29, 1.82) is 0 Å². The van der Waals surface area contributed by atoms with E-state index in [2.05, 4.69) is 53.0 Å². The number of benzene rings is 1. The van der Waals surface area contributed by atoms with Crippen molar-refractivity contribution >= 4 is 34.1 Å². The number of carbonyl (C=O) groups is 1. The van der Waals surface area contributed by atoms with Crippen LogP contribution in [0.2, 0.25) is 0 Å². The summed E-state index contributed by atoms with van der Waals surface area (Å²) in [5, 5.41) is 5.63. The fourth-order valence-electron chi connectivity index (χ4n) is 2.46. The van der Waals surface area contributed by atoms with Crippen LogP contribution in [0, 0.1) is 5.92 Å². The second-order valence-corrected chi connectivity index (χ2v) is 6.97. The summed E-state index contributed by atoms with van der Waals surface area (Å²) < 4.78 is 0. The smallest absolute Gasteiger partial charge is 0.229 e. The number of hydrogen-bond acceptors (Lipinski definition) is 4. The fraction of sp³-hybridized carbons (Fsp3) is 0.294. The van der Waals surface area contributed by atoms with Crippen molar-refractivity contribution in [3.8, 4) is 11.3 Å². The first-order chi connectivity index (χ1) is 10.8. The number of anilines is 1. The van der Waals surface area contributed by atoms with Gasteiger partial charge in [-0.1, -0.05) is 24.3 Å². The number of nitrogens with one attached hydrogen (secondary N) is 1. The Morgan fingerprint density at radius 1 is 1.32 bits per heavy atom. The summed E-state index contributed by atoms with van der Waals surface area (Å²) in [6.07, 6.45) is 9.05. The summed E-state index contributed by atoms with van der Waals surface area (Å²) >= 11 is 3.20. The van der Waals surface area contributed by atoms with E-state index >= 15 is 0 Å². The molecule has 1 atom stereocenters. The van der Waals surface area contributed by atoms with E-state index in [4.69, 9.17) is 0 Å². The molecule has 3 nitrogen and oxygen atoms in total. The van der Waals surface area contributed by atoms with Crippen molar-refractivity contribution in [1.82, 2.24) is 4.98 Å². The van der Waals surface area contributed by atoms with Gasteiger partial charge in [0.15, 0.2) is 5.13 Å². The molecule has 0 fully saturated rings. The van der Waals surface area contributed by atoms with Crippen LogP contribution in [-0.2, 0) is 4.79 Å². The molecule has 5 heteroatoms. The second-order valence-electron chi connectivity index (χ2n) is 5.24. The van der Waals surface area contributed by atoms with Gasteiger partial charge >= 0.3 is 0 Å². The number of carbonyl (C=O) groups excluding carboxylic acids is 1. The molecule has 0 bridgehead atoms. The van der Waals surface area contributed by atoms with Crippen LogP contribution in [0.3, 0.4) is 0 Å². The topological polar surface area (TPSA) is 42.0 Å². The molecule has 1 aliphatic carbocycles. The minimum absolute atomic E-state index is 0.0817. The Morgan fingerprint density at radius 3 is 2.82 bits per heavy atom. The van der Waals surface area contributed by atoms with Gasteiger partial charge in [-0.05, 0) is 37.7 Å². The number of hydrogen-bond donors (Lipinski definition) is 1. The van der Waals surface area contributed by atoms with E-state index in [1.807, 2.05) is 5.38 Å². The molecular formula is C17H18N2OS2. The Morgan fingerprint density at radius 2 is 2.14 bits per heavy atom. The minimum Gasteiger partial charge on any atom is -0.302 e. The highest BCUT2D eigenvalue weighted by atomic mass is 32.2. The summed E-state index contributed by atoms with van der Waals surface area (Å²) in [6.45, 7) is 0. The molecule has 1 aliphatic rings. The van der Waals surface area contributed by atoms with Gasteiger partial charge in [-0.2, -0.15) is 0 Å². The summed E-state index contributed by atoms with van der Waals surface area (Å²) in [7, 11) is 0. The van der Waals surface area contributed by atoms with Gasteiger partial charge in [0.2, 0.25) is 5.91 Å². The van der Waals surface area contributed by atoms with E-state index in [-0.39, 0.29) is 11.8 Å². The maximum atomic E-state index is 12.2. The molecule has 0 saturated heterocycles. The van der Waals surface area contributed by atoms with Crippen molar-refractivity contribution in [3.05, 3.63) is 41.8 Å². The number of rotatable bonds is 4. The summed E-state index contributed by atoms with van der Waals surface area (Å²) in [5.41, 5.74) is 1.99. The minimum atomic E-state index is 0.0817. The number of nitrogens with zero attached hydrogens (tertiary/aromatic N) is 1. The zero-order valence-corrected chi connectivity index (χ0v) is 14.0. The van der Waals surface area contributed by atoms with Gasteiger partial charge in [-0.3, -0.25) is 4.79 Å². The van der Waals surface area contributed by atoms with E-state index in [0.29, 0.717) is 5.13 Å². The molecule has 1 aromatic carbocycles. The summed E-state index contributed by atoms with van der Waals surface area (Å²) in [5.74, 6) is 0.168. The molecule has 2 aromatic rings. The van der Waals surface area contributed by atoms with Crippen molar-refractivity contribution in [2.75, 3.05) is 11.6 Å². The molecule has 114 valence electrons. The molecule has 1 aromatic heterocycles. The van der Waals surface area contributed by atoms with Crippen LogP contribution in [-0.4, -0.2) is 17.1 Å². The van der Waals surface area contributed by atoms with Crippen molar-refractivity contribution < 1.29 is 4.79 Å². The summed E-state index contributed by atoms with van der Waals surface area (Å²) in [6, 6.07) is 8.31. The van der Waals surface area contributed by atoms with Crippen LogP contribution < -0.4 is 5.32 Å². The summed E-state index contributed by atoms with van der Waals surface area (Å²) in [4.78, 5) is 18.0. The van der Waals surface area contributed by atoms with Crippen LogP contribution in [0.4, 0.5) is 5.13 Å². The molecule has 0 saturated carbocycles. The standard InChI is InChI=1S/C17H18N2OS2/c1-21-14-9-7-12(8-10-14)15-11-22-17(18-15)19-16(20)13-5-3-2-4-6-13/h2-3,7-11,13H,4-6H2,1H3,(H,18,19,20). The molecule has 1 heterocycles. The first-order valence-corrected chi connectivity index (χ1v) is 9.42. The number of thioether (sulfide) groups is 1. The highest BCUT2D eigenvalue weighted by molar-refractivity contribution is 7.98. The molecule has 3 rings (SSSR count). The quantitative estimate of drug-likeness (QED) is 0.645. The van der Waals surface area contributed by atoms with Crippen LogP contribution >= 0.6 is 23.1 Å². The maximum absolute atomic E-state index is 12.2. The lowest BCUT2D eigenvalue weighted by atomic mass is 9.94. The second kappa shape index (κ2) is 7.11. The van der Waals surface area contributed by atoms with Gasteiger partial charge in [0, 0.05) is 21.8 Å². The Labute approximate surface area is 138 Å². The van der Waals surface area contributed by atoms with Gasteiger partial charge in [0.25, 0.3) is 0 Å². The fourth-order valence-corrected chi connectivity index (χ4v) is 3.60. The average molecular weight is 330 g/mol. The zero-order chi connectivity index (χ0) is 15.4. The van der Waals surface area contributed by atoms with Crippen LogP contribution in [0.15, 0.2) is 46.7 Å². The maximum Gasteiger partial charge on any atom is 0.229 e. The predicted octanol–water partition coefficient (Wildman–Crippen LogP) is 4.83. The lowest BCUT2D eigenvalue weighted by Crippen LogP contribution is -2.23. The van der Waals surface area contributed by atoms with E-state index in [1.54, 1.807) is 11.8 Å². The van der Waals surface area contributed by atoms with Crippen LogP contribution in [0.1, 0.15) is 19.3 Å². The largest absolute Gasteiger partial charge is 0.302 e. The molecule has 1 N–H and O–H groups in total. The average Bonchev–Trinajstić information content (AvgIpc) is 3.04. The van der Waals surface area contributed by atoms with Gasteiger partial charge in [0.1, 0.15) is 0 Å². The molecule has 0 spiro atoms. The number of aromatic nitrogens is 1. The van der Waals surface area contributed by atoms with Gasteiger partial charge < -0.3 is 5.32 Å². The zero-order valence-electron chi connectivity index (χ0n) is 12.4. The van der Waals surface area contributed by atoms with Crippen molar-refractivity contribution in [2.45, 2.75) is 24.2 Å². The van der Waals surface area contributed by atoms with E-state index < -0.39 is 0 Å². The van der Waals surface area contributed by atoms with E-state index in [9.17, 15) is 4.79 Å². The lowest BCUT2D eigenvalue weighted by Gasteiger charge is -2.15. The lowest BCUT2D eigenvalue weighted by molar-refractivity contribution is -0.120. The Kier molecular flexibility index (Phi) is 4.95. The third kappa shape index (κ3) is 3.59. The molecule has 1 unspecified atom stereocenters. The van der Waals surface area contributed by atoms with Crippen molar-refractivity contribution in [3.63, 3.8) is 0 Å². The van der Waals surface area contributed by atoms with E-state index in [0.717, 1.165) is 30.5 Å². The van der Waals surface area contributed by atoms with Gasteiger partial charge in [-0.15, -0.1) is 23.1 Å². The van der Waals surface area contributed by atoms with Gasteiger partial charge in [0.05, 0.1) is 5.69 Å². The van der Waals surface area contributed by atoms with Gasteiger partial charge in [-0.25, -0.2) is 4.98 Å². The highest BCUT2D eigenvalue weighted by Crippen LogP contribution is 2.28. The first kappa shape index (κ1) is 15.3. The molecule has 1 amide bonds. The predicted molar refractivity (Wildman–Crippen MR) is 94.4 cm³/mol. The third-order valence-corrected chi connectivity index (χ3v) is 5.26. The molecule has 0 aliphatic heterocycles. The number of allylic oxidation sites excluding steroid dienone is 2. The third-order valence-electron chi connectivity index (χ3n) is 3.76. The highest BCUT2D eigenvalue weighted by Gasteiger charge is 2.19.